The van der Waals surface area contributed by atoms with Crippen LogP contribution in [0.2, 0.25) is 0 Å². The van der Waals surface area contributed by atoms with Crippen molar-refractivity contribution in [3.8, 4) is 6.07 Å². The van der Waals surface area contributed by atoms with Crippen molar-refractivity contribution in [1.29, 1.82) is 5.26 Å². The molecule has 2 aromatic heterocycles. The molecule has 2 atom stereocenters. The van der Waals surface area contributed by atoms with E-state index in [4.69, 9.17) is 0 Å². The van der Waals surface area contributed by atoms with E-state index in [1.54, 1.807) is 0 Å². The zero-order chi connectivity index (χ0) is 14.1. The third-order valence-corrected chi connectivity index (χ3v) is 4.43. The normalized spacial score (nSPS) is 23.2. The molecule has 0 spiro atoms. The average Bonchev–Trinajstić information content (AvgIpc) is 2.99. The van der Waals surface area contributed by atoms with Crippen LogP contribution < -0.4 is 0 Å². The summed E-state index contributed by atoms with van der Waals surface area (Å²) in [5, 5.41) is 19.0. The summed E-state index contributed by atoms with van der Waals surface area (Å²) in [6.45, 7) is 4.10. The van der Waals surface area contributed by atoms with Gasteiger partial charge in [-0.1, -0.05) is 13.0 Å². The summed E-state index contributed by atoms with van der Waals surface area (Å²) in [5.74, 6) is 0.516. The van der Waals surface area contributed by atoms with Crippen LogP contribution in [0.15, 0.2) is 30.6 Å². The second-order valence-corrected chi connectivity index (χ2v) is 5.62. The second-order valence-electron chi connectivity index (χ2n) is 5.62. The fourth-order valence-corrected chi connectivity index (χ4v) is 3.22. The lowest BCUT2D eigenvalue weighted by Gasteiger charge is -2.24. The number of aliphatic hydroxyl groups is 1. The molecule has 0 amide bonds. The Labute approximate surface area is 118 Å². The van der Waals surface area contributed by atoms with E-state index in [1.165, 1.54) is 0 Å². The molecule has 1 N–H and O–H groups in total. The number of rotatable bonds is 3. The van der Waals surface area contributed by atoms with Gasteiger partial charge in [0.25, 0.3) is 0 Å². The minimum Gasteiger partial charge on any atom is -0.395 e. The molecule has 20 heavy (non-hydrogen) atoms. The predicted molar refractivity (Wildman–Crippen MR) is 77.2 cm³/mol. The van der Waals surface area contributed by atoms with Crippen LogP contribution in [0.5, 0.6) is 0 Å². The monoisotopic (exact) mass is 269 g/mol. The van der Waals surface area contributed by atoms with E-state index in [9.17, 15) is 10.4 Å². The third-order valence-electron chi connectivity index (χ3n) is 4.43. The fourth-order valence-electron chi connectivity index (χ4n) is 3.22. The summed E-state index contributed by atoms with van der Waals surface area (Å²) in [7, 11) is 0. The molecule has 2 unspecified atom stereocenters. The van der Waals surface area contributed by atoms with Crippen molar-refractivity contribution in [3.05, 3.63) is 41.7 Å². The van der Waals surface area contributed by atoms with Gasteiger partial charge in [0.05, 0.1) is 17.7 Å². The maximum atomic E-state index is 9.54. The number of hydrogen-bond donors (Lipinski definition) is 1. The Bertz CT molecular complexity index is 655. The van der Waals surface area contributed by atoms with Crippen LogP contribution >= 0.6 is 0 Å². The molecule has 104 valence electrons. The third kappa shape index (κ3) is 2.09. The summed E-state index contributed by atoms with van der Waals surface area (Å²) in [5.41, 5.74) is 2.76. The van der Waals surface area contributed by atoms with E-state index in [0.29, 0.717) is 5.92 Å². The highest BCUT2D eigenvalue weighted by Crippen LogP contribution is 2.27. The Kier molecular flexibility index (Phi) is 3.47. The van der Waals surface area contributed by atoms with Gasteiger partial charge in [-0.3, -0.25) is 4.90 Å². The van der Waals surface area contributed by atoms with Gasteiger partial charge in [0.2, 0.25) is 0 Å². The molecule has 0 bridgehead atoms. The van der Waals surface area contributed by atoms with Crippen molar-refractivity contribution >= 4 is 5.52 Å². The van der Waals surface area contributed by atoms with E-state index in [2.05, 4.69) is 17.9 Å². The molecule has 4 nitrogen and oxygen atoms in total. The molecular weight excluding hydrogens is 250 g/mol. The lowest BCUT2D eigenvalue weighted by Crippen LogP contribution is -2.34. The largest absolute Gasteiger partial charge is 0.395 e. The molecule has 1 saturated heterocycles. The maximum absolute atomic E-state index is 9.54. The number of aromatic nitrogens is 1. The molecule has 0 aromatic carbocycles. The van der Waals surface area contributed by atoms with Gasteiger partial charge in [0, 0.05) is 30.5 Å². The molecule has 3 rings (SSSR count). The topological polar surface area (TPSA) is 51.7 Å². The summed E-state index contributed by atoms with van der Waals surface area (Å²) in [6, 6.07) is 8.43. The number of hydrogen-bond acceptors (Lipinski definition) is 3. The fraction of sp³-hybridized carbons (Fsp3) is 0.438. The van der Waals surface area contributed by atoms with Gasteiger partial charge in [-0.2, -0.15) is 5.26 Å². The highest BCUT2D eigenvalue weighted by Gasteiger charge is 2.31. The SMILES string of the molecule is CC1CCN(Cc2cn3ccccc3c2C#N)C1CO. The molecular formula is C16H19N3O. The molecule has 4 heteroatoms. The van der Waals surface area contributed by atoms with E-state index < -0.39 is 0 Å². The second kappa shape index (κ2) is 5.28. The lowest BCUT2D eigenvalue weighted by atomic mass is 10.0. The van der Waals surface area contributed by atoms with Crippen molar-refractivity contribution in [2.24, 2.45) is 5.92 Å². The minimum absolute atomic E-state index is 0.191. The predicted octanol–water partition coefficient (Wildman–Crippen LogP) is 2.01. The Morgan fingerprint density at radius 3 is 3.05 bits per heavy atom. The first kappa shape index (κ1) is 13.2. The number of nitrogens with zero attached hydrogens (tertiary/aromatic N) is 3. The van der Waals surface area contributed by atoms with Crippen molar-refractivity contribution in [1.82, 2.24) is 9.30 Å². The number of aliphatic hydroxyl groups excluding tert-OH is 1. The van der Waals surface area contributed by atoms with E-state index in [1.807, 2.05) is 35.0 Å². The quantitative estimate of drug-likeness (QED) is 0.927. The average molecular weight is 269 g/mol. The van der Waals surface area contributed by atoms with Crippen LogP contribution in [0.4, 0.5) is 0 Å². The standard InChI is InChI=1S/C16H19N3O/c1-12-5-7-19(16(12)11-20)10-13-9-18-6-3-2-4-15(18)14(13)8-17/h2-4,6,9,12,16,20H,5,7,10-11H2,1H3. The van der Waals surface area contributed by atoms with Gasteiger partial charge in [-0.05, 0) is 31.0 Å². The molecule has 0 saturated carbocycles. The Morgan fingerprint density at radius 1 is 1.45 bits per heavy atom. The number of pyridine rings is 1. The first-order valence-corrected chi connectivity index (χ1v) is 7.08. The van der Waals surface area contributed by atoms with Crippen molar-refractivity contribution in [2.45, 2.75) is 25.9 Å². The summed E-state index contributed by atoms with van der Waals surface area (Å²) >= 11 is 0. The molecule has 1 aliphatic rings. The Morgan fingerprint density at radius 2 is 2.30 bits per heavy atom. The molecule has 2 aromatic rings. The number of nitriles is 1. The van der Waals surface area contributed by atoms with Gasteiger partial charge < -0.3 is 9.51 Å². The number of likely N-dealkylation sites (tertiary alicyclic amines) is 1. The van der Waals surface area contributed by atoms with Crippen LogP contribution in [0, 0.1) is 17.2 Å². The van der Waals surface area contributed by atoms with Gasteiger partial charge in [-0.25, -0.2) is 0 Å². The highest BCUT2D eigenvalue weighted by molar-refractivity contribution is 5.65. The van der Waals surface area contributed by atoms with E-state index >= 15 is 0 Å². The van der Waals surface area contributed by atoms with Gasteiger partial charge >= 0.3 is 0 Å². The summed E-state index contributed by atoms with van der Waals surface area (Å²) < 4.78 is 2.00. The number of fused-ring (bicyclic) bond motifs is 1. The first-order valence-electron chi connectivity index (χ1n) is 7.08. The van der Waals surface area contributed by atoms with Crippen molar-refractivity contribution < 1.29 is 5.11 Å². The Hall–Kier alpha value is -1.83. The van der Waals surface area contributed by atoms with Crippen LogP contribution in [-0.4, -0.2) is 33.6 Å². The first-order chi connectivity index (χ1) is 9.74. The minimum atomic E-state index is 0.191. The van der Waals surface area contributed by atoms with Gasteiger partial charge in [-0.15, -0.1) is 0 Å². The van der Waals surface area contributed by atoms with E-state index in [0.717, 1.165) is 36.2 Å². The molecule has 1 fully saturated rings. The zero-order valence-corrected chi connectivity index (χ0v) is 11.7. The summed E-state index contributed by atoms with van der Waals surface area (Å²) in [4.78, 5) is 2.29. The van der Waals surface area contributed by atoms with E-state index in [-0.39, 0.29) is 12.6 Å². The van der Waals surface area contributed by atoms with Crippen molar-refractivity contribution in [2.75, 3.05) is 13.2 Å². The maximum Gasteiger partial charge on any atom is 0.102 e. The molecule has 0 aliphatic carbocycles. The van der Waals surface area contributed by atoms with Crippen LogP contribution in [0.3, 0.4) is 0 Å². The Balaban J connectivity index is 1.93. The van der Waals surface area contributed by atoms with Crippen LogP contribution in [0.25, 0.3) is 5.52 Å². The van der Waals surface area contributed by atoms with Crippen LogP contribution in [-0.2, 0) is 6.54 Å². The molecule has 1 aliphatic heterocycles. The highest BCUT2D eigenvalue weighted by atomic mass is 16.3. The van der Waals surface area contributed by atoms with Gasteiger partial charge in [0.15, 0.2) is 0 Å². The molecule has 3 heterocycles. The lowest BCUT2D eigenvalue weighted by molar-refractivity contribution is 0.134. The van der Waals surface area contributed by atoms with Gasteiger partial charge in [0.1, 0.15) is 6.07 Å². The molecule has 0 radical (unpaired) electrons. The zero-order valence-electron chi connectivity index (χ0n) is 11.7. The summed E-state index contributed by atoms with van der Waals surface area (Å²) in [6.07, 6.45) is 5.11. The van der Waals surface area contributed by atoms with Crippen LogP contribution in [0.1, 0.15) is 24.5 Å². The van der Waals surface area contributed by atoms with Crippen molar-refractivity contribution in [3.63, 3.8) is 0 Å². The smallest absolute Gasteiger partial charge is 0.102 e.